The number of hydrogen-bond donors (Lipinski definition) is 2. The zero-order chi connectivity index (χ0) is 21.6. The second kappa shape index (κ2) is 10.1. The van der Waals surface area contributed by atoms with Crippen molar-refractivity contribution in [1.29, 1.82) is 0 Å². The van der Waals surface area contributed by atoms with Crippen LogP contribution >= 0.6 is 0 Å². The first kappa shape index (κ1) is 22.4. The molecular formula is C22H30N4O3S. The highest BCUT2D eigenvalue weighted by Gasteiger charge is 2.22. The molecule has 1 aliphatic rings. The lowest BCUT2D eigenvalue weighted by Gasteiger charge is -2.31. The fourth-order valence-electron chi connectivity index (χ4n) is 3.38. The quantitative estimate of drug-likeness (QED) is 0.672. The van der Waals surface area contributed by atoms with E-state index in [1.807, 2.05) is 24.4 Å². The van der Waals surface area contributed by atoms with Crippen LogP contribution in [0.5, 0.6) is 0 Å². The van der Waals surface area contributed by atoms with Gasteiger partial charge in [0.1, 0.15) is 0 Å². The summed E-state index contributed by atoms with van der Waals surface area (Å²) in [4.78, 5) is 18.7. The Morgan fingerprint density at radius 1 is 1.13 bits per heavy atom. The molecule has 0 unspecified atom stereocenters. The first-order valence-electron chi connectivity index (χ1n) is 10.4. The number of sulfonamides is 1. The third-order valence-electron chi connectivity index (χ3n) is 5.34. The maximum atomic E-state index is 12.6. The van der Waals surface area contributed by atoms with E-state index in [1.165, 1.54) is 12.1 Å². The van der Waals surface area contributed by atoms with Crippen LogP contribution in [0.2, 0.25) is 0 Å². The van der Waals surface area contributed by atoms with Gasteiger partial charge in [0.05, 0.1) is 10.6 Å². The molecule has 2 aromatic rings. The van der Waals surface area contributed by atoms with Crippen LogP contribution in [0.4, 0.5) is 5.69 Å². The van der Waals surface area contributed by atoms with Crippen molar-refractivity contribution in [3.63, 3.8) is 0 Å². The second-order valence-electron chi connectivity index (χ2n) is 8.06. The van der Waals surface area contributed by atoms with Gasteiger partial charge in [-0.1, -0.05) is 19.9 Å². The Kier molecular flexibility index (Phi) is 7.58. The highest BCUT2D eigenvalue weighted by Crippen LogP contribution is 2.20. The van der Waals surface area contributed by atoms with Crippen LogP contribution in [-0.2, 0) is 21.4 Å². The lowest BCUT2D eigenvalue weighted by Crippen LogP contribution is -2.38. The van der Waals surface area contributed by atoms with Crippen molar-refractivity contribution in [2.75, 3.05) is 25.0 Å². The lowest BCUT2D eigenvalue weighted by molar-refractivity contribution is -0.118. The van der Waals surface area contributed by atoms with Crippen molar-refractivity contribution in [3.05, 3.63) is 54.4 Å². The van der Waals surface area contributed by atoms with Crippen molar-refractivity contribution >= 4 is 21.6 Å². The SMILES string of the molecule is CC(C)C(=O)Nc1ccc(S(=O)(=O)NCC2CCN(Cc3ccccn3)CC2)cc1. The van der Waals surface area contributed by atoms with Crippen LogP contribution in [0.3, 0.4) is 0 Å². The lowest BCUT2D eigenvalue weighted by atomic mass is 9.97. The number of likely N-dealkylation sites (tertiary alicyclic amines) is 1. The average molecular weight is 431 g/mol. The molecule has 0 aliphatic carbocycles. The Morgan fingerprint density at radius 3 is 2.43 bits per heavy atom. The first-order chi connectivity index (χ1) is 14.3. The minimum atomic E-state index is -3.57. The molecule has 1 aromatic carbocycles. The van der Waals surface area contributed by atoms with Crippen molar-refractivity contribution < 1.29 is 13.2 Å². The van der Waals surface area contributed by atoms with Crippen LogP contribution in [0.25, 0.3) is 0 Å². The summed E-state index contributed by atoms with van der Waals surface area (Å²) in [6, 6.07) is 12.2. The molecule has 2 heterocycles. The standard InChI is InChI=1S/C22H30N4O3S/c1-17(2)22(27)25-19-6-8-21(9-7-19)30(28,29)24-15-18-10-13-26(14-11-18)16-20-5-3-4-12-23-20/h3-9,12,17-18,24H,10-11,13-16H2,1-2H3,(H,25,27). The molecule has 0 saturated carbocycles. The summed E-state index contributed by atoms with van der Waals surface area (Å²) in [5.41, 5.74) is 1.65. The Labute approximate surface area is 178 Å². The normalized spacial score (nSPS) is 16.0. The van der Waals surface area contributed by atoms with E-state index in [0.717, 1.165) is 38.2 Å². The number of carbonyl (C=O) groups is 1. The van der Waals surface area contributed by atoms with Gasteiger partial charge in [-0.15, -0.1) is 0 Å². The van der Waals surface area contributed by atoms with Gasteiger partial charge in [0, 0.05) is 30.9 Å². The van der Waals surface area contributed by atoms with Gasteiger partial charge in [-0.25, -0.2) is 13.1 Å². The molecule has 2 N–H and O–H groups in total. The highest BCUT2D eigenvalue weighted by molar-refractivity contribution is 7.89. The molecule has 1 amide bonds. The molecule has 3 rings (SSSR count). The molecule has 7 nitrogen and oxygen atoms in total. The molecule has 0 bridgehead atoms. The Hall–Kier alpha value is -2.29. The van der Waals surface area contributed by atoms with Gasteiger partial charge in [-0.3, -0.25) is 14.7 Å². The summed E-state index contributed by atoms with van der Waals surface area (Å²) in [5.74, 6) is 0.0907. The number of aromatic nitrogens is 1. The van der Waals surface area contributed by atoms with E-state index in [9.17, 15) is 13.2 Å². The third kappa shape index (κ3) is 6.35. The van der Waals surface area contributed by atoms with Gasteiger partial charge in [0.25, 0.3) is 0 Å². The Morgan fingerprint density at radius 2 is 1.83 bits per heavy atom. The summed E-state index contributed by atoms with van der Waals surface area (Å²) in [6.45, 7) is 6.76. The van der Waals surface area contributed by atoms with E-state index in [2.05, 4.69) is 19.9 Å². The van der Waals surface area contributed by atoms with Crippen molar-refractivity contribution in [2.45, 2.75) is 38.1 Å². The van der Waals surface area contributed by atoms with E-state index >= 15 is 0 Å². The third-order valence-corrected chi connectivity index (χ3v) is 6.78. The molecule has 1 saturated heterocycles. The largest absolute Gasteiger partial charge is 0.326 e. The number of hydrogen-bond acceptors (Lipinski definition) is 5. The summed E-state index contributed by atoms with van der Waals surface area (Å²) in [5, 5.41) is 2.76. The van der Waals surface area contributed by atoms with Gasteiger partial charge in [-0.2, -0.15) is 0 Å². The number of piperidine rings is 1. The fraction of sp³-hybridized carbons (Fsp3) is 0.455. The van der Waals surface area contributed by atoms with E-state index in [1.54, 1.807) is 26.0 Å². The van der Waals surface area contributed by atoms with Crippen LogP contribution in [0, 0.1) is 11.8 Å². The number of nitrogens with zero attached hydrogens (tertiary/aromatic N) is 2. The molecule has 8 heteroatoms. The summed E-state index contributed by atoms with van der Waals surface area (Å²) in [6.07, 6.45) is 3.71. The second-order valence-corrected chi connectivity index (χ2v) is 9.83. The Bertz CT molecular complexity index is 923. The minimum Gasteiger partial charge on any atom is -0.326 e. The number of rotatable bonds is 8. The molecule has 1 aliphatic heterocycles. The van der Waals surface area contributed by atoms with Crippen molar-refractivity contribution in [1.82, 2.24) is 14.6 Å². The fourth-order valence-corrected chi connectivity index (χ4v) is 4.50. The smallest absolute Gasteiger partial charge is 0.240 e. The van der Waals surface area contributed by atoms with Crippen molar-refractivity contribution in [2.24, 2.45) is 11.8 Å². The van der Waals surface area contributed by atoms with Crippen LogP contribution in [0.15, 0.2) is 53.6 Å². The summed E-state index contributed by atoms with van der Waals surface area (Å²) < 4.78 is 28.0. The minimum absolute atomic E-state index is 0.0990. The van der Waals surface area contributed by atoms with Crippen LogP contribution < -0.4 is 10.0 Å². The monoisotopic (exact) mass is 430 g/mol. The number of amides is 1. The molecule has 30 heavy (non-hydrogen) atoms. The Balaban J connectivity index is 1.46. The maximum Gasteiger partial charge on any atom is 0.240 e. The van der Waals surface area contributed by atoms with Crippen LogP contribution in [0.1, 0.15) is 32.4 Å². The van der Waals surface area contributed by atoms with E-state index in [4.69, 9.17) is 0 Å². The zero-order valence-corrected chi connectivity index (χ0v) is 18.4. The first-order valence-corrected chi connectivity index (χ1v) is 11.8. The van der Waals surface area contributed by atoms with Gasteiger partial charge >= 0.3 is 0 Å². The molecule has 162 valence electrons. The van der Waals surface area contributed by atoms with Gasteiger partial charge in [-0.05, 0) is 68.2 Å². The number of carbonyl (C=O) groups excluding carboxylic acids is 1. The number of anilines is 1. The topological polar surface area (TPSA) is 91.4 Å². The molecular weight excluding hydrogens is 400 g/mol. The molecule has 0 spiro atoms. The van der Waals surface area contributed by atoms with Gasteiger partial charge in [0.2, 0.25) is 15.9 Å². The molecule has 1 fully saturated rings. The summed E-state index contributed by atoms with van der Waals surface area (Å²) in [7, 11) is -3.57. The van der Waals surface area contributed by atoms with E-state index < -0.39 is 10.0 Å². The average Bonchev–Trinajstić information content (AvgIpc) is 2.74. The summed E-state index contributed by atoms with van der Waals surface area (Å²) >= 11 is 0. The maximum absolute atomic E-state index is 12.6. The predicted molar refractivity (Wildman–Crippen MR) is 117 cm³/mol. The zero-order valence-electron chi connectivity index (χ0n) is 17.5. The van der Waals surface area contributed by atoms with Crippen LogP contribution in [-0.4, -0.2) is 43.8 Å². The predicted octanol–water partition coefficient (Wildman–Crippen LogP) is 2.87. The molecule has 0 atom stereocenters. The number of benzene rings is 1. The molecule has 0 radical (unpaired) electrons. The number of pyridine rings is 1. The van der Waals surface area contributed by atoms with E-state index in [-0.39, 0.29) is 16.7 Å². The van der Waals surface area contributed by atoms with Crippen molar-refractivity contribution in [3.8, 4) is 0 Å². The van der Waals surface area contributed by atoms with Gasteiger partial charge in [0.15, 0.2) is 0 Å². The van der Waals surface area contributed by atoms with Gasteiger partial charge < -0.3 is 5.32 Å². The highest BCUT2D eigenvalue weighted by atomic mass is 32.2. The van der Waals surface area contributed by atoms with E-state index in [0.29, 0.717) is 18.2 Å². The number of nitrogens with one attached hydrogen (secondary N) is 2. The molecule has 1 aromatic heterocycles.